The standard InChI is InChI=1S/C11H22BO7P/c1-2-4-17-5-6-18-10-9(13)8(19-11(10)12)3-7-20(14,15)16/h3,7-11,13H,2,4-6,12H2,1H3,(H2,14,15,16)/b7-3+/t8-,9?,10+,11-/m1/s1. The van der Waals surface area contributed by atoms with Gasteiger partial charge in [-0.2, -0.15) is 0 Å². The first-order chi connectivity index (χ1) is 9.35. The number of ether oxygens (including phenoxy) is 3. The van der Waals surface area contributed by atoms with Crippen molar-refractivity contribution in [1.82, 2.24) is 0 Å². The normalized spacial score (nSPS) is 31.2. The van der Waals surface area contributed by atoms with Crippen LogP contribution in [0, 0.1) is 0 Å². The van der Waals surface area contributed by atoms with E-state index in [9.17, 15) is 9.67 Å². The quantitative estimate of drug-likeness (QED) is 0.306. The maximum Gasteiger partial charge on any atom is 0.348 e. The fourth-order valence-corrected chi connectivity index (χ4v) is 2.34. The number of aliphatic hydroxyl groups excluding tert-OH is 1. The van der Waals surface area contributed by atoms with E-state index >= 15 is 0 Å². The molecule has 1 fully saturated rings. The van der Waals surface area contributed by atoms with Gasteiger partial charge in [0, 0.05) is 12.4 Å². The topological polar surface area (TPSA) is 105 Å². The van der Waals surface area contributed by atoms with Crippen molar-refractivity contribution >= 4 is 15.4 Å². The molecule has 1 aliphatic rings. The molecule has 1 aliphatic heterocycles. The van der Waals surface area contributed by atoms with Crippen LogP contribution in [-0.2, 0) is 18.8 Å². The Labute approximate surface area is 119 Å². The highest BCUT2D eigenvalue weighted by Gasteiger charge is 2.40. The van der Waals surface area contributed by atoms with E-state index in [0.717, 1.165) is 12.2 Å². The third-order valence-electron chi connectivity index (χ3n) is 2.86. The molecule has 0 aliphatic carbocycles. The molecule has 0 aromatic rings. The van der Waals surface area contributed by atoms with Crippen molar-refractivity contribution in [2.45, 2.75) is 37.7 Å². The van der Waals surface area contributed by atoms with Crippen molar-refractivity contribution in [2.24, 2.45) is 0 Å². The van der Waals surface area contributed by atoms with Crippen molar-refractivity contribution in [2.75, 3.05) is 19.8 Å². The smallest absolute Gasteiger partial charge is 0.348 e. The Morgan fingerprint density at radius 3 is 2.65 bits per heavy atom. The number of aliphatic hydroxyl groups is 1. The van der Waals surface area contributed by atoms with Crippen LogP contribution in [0.25, 0.3) is 0 Å². The van der Waals surface area contributed by atoms with E-state index < -0.39 is 25.9 Å². The van der Waals surface area contributed by atoms with Gasteiger partial charge in [0.2, 0.25) is 0 Å². The van der Waals surface area contributed by atoms with Crippen LogP contribution < -0.4 is 0 Å². The minimum absolute atomic E-state index is 0.338. The summed E-state index contributed by atoms with van der Waals surface area (Å²) in [5.74, 6) is 0.736. The Morgan fingerprint density at radius 2 is 2.05 bits per heavy atom. The fraction of sp³-hybridized carbons (Fsp3) is 0.818. The van der Waals surface area contributed by atoms with Crippen molar-refractivity contribution < 1.29 is 33.7 Å². The highest BCUT2D eigenvalue weighted by molar-refractivity contribution is 7.55. The highest BCUT2D eigenvalue weighted by atomic mass is 31.2. The Morgan fingerprint density at radius 1 is 1.35 bits per heavy atom. The largest absolute Gasteiger partial charge is 0.387 e. The zero-order valence-corrected chi connectivity index (χ0v) is 12.6. The summed E-state index contributed by atoms with van der Waals surface area (Å²) < 4.78 is 26.9. The summed E-state index contributed by atoms with van der Waals surface area (Å²) in [6.45, 7) is 3.45. The van der Waals surface area contributed by atoms with Gasteiger partial charge in [0.15, 0.2) is 0 Å². The molecule has 1 unspecified atom stereocenters. The zero-order chi connectivity index (χ0) is 15.2. The molecule has 0 radical (unpaired) electrons. The second-order valence-corrected chi connectivity index (χ2v) is 6.15. The minimum Gasteiger partial charge on any atom is -0.387 e. The molecule has 0 aromatic carbocycles. The van der Waals surface area contributed by atoms with Crippen LogP contribution in [0.5, 0.6) is 0 Å². The molecule has 7 nitrogen and oxygen atoms in total. The molecular weight excluding hydrogens is 286 g/mol. The molecule has 3 N–H and O–H groups in total. The Balaban J connectivity index is 2.42. The second kappa shape index (κ2) is 8.29. The lowest BCUT2D eigenvalue weighted by atomic mass is 9.93. The average Bonchev–Trinajstić information content (AvgIpc) is 2.62. The molecule has 116 valence electrons. The van der Waals surface area contributed by atoms with Crippen LogP contribution in [0.4, 0.5) is 0 Å². The zero-order valence-electron chi connectivity index (χ0n) is 11.7. The Hall–Kier alpha value is -0.205. The van der Waals surface area contributed by atoms with E-state index in [0.29, 0.717) is 19.8 Å². The third-order valence-corrected chi connectivity index (χ3v) is 3.42. The summed E-state index contributed by atoms with van der Waals surface area (Å²) in [6, 6.07) is -0.359. The second-order valence-electron chi connectivity index (χ2n) is 4.67. The number of hydrogen-bond acceptors (Lipinski definition) is 5. The third kappa shape index (κ3) is 6.05. The van der Waals surface area contributed by atoms with Crippen LogP contribution in [0.1, 0.15) is 13.3 Å². The molecule has 0 aromatic heterocycles. The van der Waals surface area contributed by atoms with Crippen molar-refractivity contribution in [3.8, 4) is 0 Å². The lowest BCUT2D eigenvalue weighted by Crippen LogP contribution is -2.36. The molecular formula is C11H22BO7P. The monoisotopic (exact) mass is 308 g/mol. The molecule has 9 heteroatoms. The summed E-state index contributed by atoms with van der Waals surface area (Å²) >= 11 is 0. The summed E-state index contributed by atoms with van der Waals surface area (Å²) in [5, 5.41) is 10.0. The van der Waals surface area contributed by atoms with Gasteiger partial charge in [0.1, 0.15) is 26.2 Å². The predicted molar refractivity (Wildman–Crippen MR) is 75.2 cm³/mol. The van der Waals surface area contributed by atoms with Gasteiger partial charge in [-0.25, -0.2) is 0 Å². The first kappa shape index (κ1) is 17.8. The van der Waals surface area contributed by atoms with Crippen molar-refractivity contribution in [3.05, 3.63) is 11.9 Å². The van der Waals surface area contributed by atoms with E-state index in [4.69, 9.17) is 24.0 Å². The van der Waals surface area contributed by atoms with Crippen LogP contribution in [0.3, 0.4) is 0 Å². The molecule has 1 heterocycles. The van der Waals surface area contributed by atoms with Gasteiger partial charge < -0.3 is 29.1 Å². The van der Waals surface area contributed by atoms with Gasteiger partial charge in [0.25, 0.3) is 0 Å². The average molecular weight is 308 g/mol. The van der Waals surface area contributed by atoms with E-state index in [1.165, 1.54) is 6.08 Å². The SMILES string of the molecule is B[C@@H]1O[C@H](/C=C/P(=O)(O)O)C(O)[C@@H]1OCCOCCC. The van der Waals surface area contributed by atoms with E-state index in [-0.39, 0.29) is 6.00 Å². The number of hydrogen-bond donors (Lipinski definition) is 3. The van der Waals surface area contributed by atoms with Crippen molar-refractivity contribution in [1.29, 1.82) is 0 Å². The van der Waals surface area contributed by atoms with E-state index in [1.54, 1.807) is 7.85 Å². The molecule has 0 bridgehead atoms. The van der Waals surface area contributed by atoms with E-state index in [1.807, 2.05) is 6.92 Å². The Kier molecular flexibility index (Phi) is 7.40. The first-order valence-electron chi connectivity index (χ1n) is 6.62. The summed E-state index contributed by atoms with van der Waals surface area (Å²) in [5.41, 5.74) is 0. The van der Waals surface area contributed by atoms with Crippen molar-refractivity contribution in [3.63, 3.8) is 0 Å². The van der Waals surface area contributed by atoms with Crippen LogP contribution in [-0.4, -0.2) is 66.9 Å². The molecule has 4 atom stereocenters. The van der Waals surface area contributed by atoms with Gasteiger partial charge in [-0.1, -0.05) is 6.92 Å². The van der Waals surface area contributed by atoms with Gasteiger partial charge in [-0.15, -0.1) is 0 Å². The highest BCUT2D eigenvalue weighted by Crippen LogP contribution is 2.37. The maximum absolute atomic E-state index is 10.8. The lowest BCUT2D eigenvalue weighted by molar-refractivity contribution is -0.0421. The van der Waals surface area contributed by atoms with Crippen LogP contribution >= 0.6 is 7.60 Å². The molecule has 20 heavy (non-hydrogen) atoms. The molecule has 1 rings (SSSR count). The van der Waals surface area contributed by atoms with Crippen LogP contribution in [0.15, 0.2) is 11.9 Å². The van der Waals surface area contributed by atoms with Gasteiger partial charge in [0.05, 0.1) is 19.2 Å². The molecule has 0 spiro atoms. The number of rotatable bonds is 8. The maximum atomic E-state index is 10.8. The van der Waals surface area contributed by atoms with Crippen LogP contribution in [0.2, 0.25) is 0 Å². The summed E-state index contributed by atoms with van der Waals surface area (Å²) in [7, 11) is -2.51. The van der Waals surface area contributed by atoms with Gasteiger partial charge in [-0.3, -0.25) is 4.57 Å². The molecule has 1 saturated heterocycles. The summed E-state index contributed by atoms with van der Waals surface area (Å²) in [6.07, 6.45) is -0.163. The lowest BCUT2D eigenvalue weighted by Gasteiger charge is -2.18. The Bertz CT molecular complexity index is 359. The van der Waals surface area contributed by atoms with E-state index in [2.05, 4.69) is 0 Å². The fourth-order valence-electron chi connectivity index (χ4n) is 1.95. The van der Waals surface area contributed by atoms with Gasteiger partial charge >= 0.3 is 7.60 Å². The predicted octanol–water partition coefficient (Wildman–Crippen LogP) is -0.792. The molecule has 0 saturated carbocycles. The van der Waals surface area contributed by atoms with Gasteiger partial charge in [-0.05, 0) is 12.5 Å². The summed E-state index contributed by atoms with van der Waals surface area (Å²) in [4.78, 5) is 17.5. The minimum atomic E-state index is -4.25. The first-order valence-corrected chi connectivity index (χ1v) is 8.30. The molecule has 0 amide bonds.